The Balaban J connectivity index is 3.11. The van der Waals surface area contributed by atoms with Crippen LogP contribution in [0.15, 0.2) is 18.2 Å². The number of ether oxygens (including phenoxy) is 1. The van der Waals surface area contributed by atoms with Crippen LogP contribution in [0.2, 0.25) is 0 Å². The van der Waals surface area contributed by atoms with E-state index in [1.54, 1.807) is 13.2 Å². The van der Waals surface area contributed by atoms with Gasteiger partial charge in [-0.3, -0.25) is 0 Å². The van der Waals surface area contributed by atoms with Crippen molar-refractivity contribution >= 4 is 0 Å². The van der Waals surface area contributed by atoms with Gasteiger partial charge in [-0.15, -0.1) is 0 Å². The molecule has 0 amide bonds. The average Bonchev–Trinajstić information content (AvgIpc) is 2.25. The van der Waals surface area contributed by atoms with Crippen molar-refractivity contribution in [3.63, 3.8) is 0 Å². The standard InChI is InChI=1S/C13H21FN2O/c1-9(15)7-12(16(2)3)11-8-10(14)5-6-13(11)17-4/h5-6,8-9,12H,7,15H2,1-4H3. The normalized spacial score (nSPS) is 14.8. The van der Waals surface area contributed by atoms with Gasteiger partial charge >= 0.3 is 0 Å². The predicted molar refractivity (Wildman–Crippen MR) is 67.6 cm³/mol. The Morgan fingerprint density at radius 3 is 2.53 bits per heavy atom. The second kappa shape index (κ2) is 5.98. The van der Waals surface area contributed by atoms with Gasteiger partial charge in [0.2, 0.25) is 0 Å². The molecule has 1 aromatic carbocycles. The zero-order valence-corrected chi connectivity index (χ0v) is 10.9. The SMILES string of the molecule is COc1ccc(F)cc1C(CC(C)N)N(C)C. The lowest BCUT2D eigenvalue weighted by atomic mass is 9.98. The quantitative estimate of drug-likeness (QED) is 0.857. The predicted octanol–water partition coefficient (Wildman–Crippen LogP) is 2.17. The van der Waals surface area contributed by atoms with Crippen molar-refractivity contribution in [3.05, 3.63) is 29.6 Å². The molecule has 0 aliphatic carbocycles. The first-order valence-corrected chi connectivity index (χ1v) is 5.71. The van der Waals surface area contributed by atoms with E-state index in [0.29, 0.717) is 5.75 Å². The number of hydrogen-bond donors (Lipinski definition) is 1. The van der Waals surface area contributed by atoms with E-state index in [2.05, 4.69) is 0 Å². The number of nitrogens with zero attached hydrogens (tertiary/aromatic N) is 1. The number of hydrogen-bond acceptors (Lipinski definition) is 3. The highest BCUT2D eigenvalue weighted by Gasteiger charge is 2.20. The van der Waals surface area contributed by atoms with E-state index in [1.165, 1.54) is 12.1 Å². The second-order valence-corrected chi connectivity index (χ2v) is 4.58. The number of rotatable bonds is 5. The van der Waals surface area contributed by atoms with E-state index >= 15 is 0 Å². The van der Waals surface area contributed by atoms with Crippen molar-refractivity contribution in [2.45, 2.75) is 25.4 Å². The summed E-state index contributed by atoms with van der Waals surface area (Å²) in [6.45, 7) is 1.95. The molecule has 1 aromatic rings. The zero-order valence-electron chi connectivity index (χ0n) is 10.9. The Labute approximate surface area is 102 Å². The van der Waals surface area contributed by atoms with Crippen molar-refractivity contribution in [1.82, 2.24) is 4.90 Å². The van der Waals surface area contributed by atoms with Crippen molar-refractivity contribution in [2.75, 3.05) is 21.2 Å². The van der Waals surface area contributed by atoms with E-state index in [1.807, 2.05) is 25.9 Å². The highest BCUT2D eigenvalue weighted by Crippen LogP contribution is 2.31. The molecular weight excluding hydrogens is 219 g/mol. The molecule has 1 rings (SSSR count). The van der Waals surface area contributed by atoms with Crippen LogP contribution in [0, 0.1) is 5.82 Å². The molecule has 2 atom stereocenters. The number of benzene rings is 1. The van der Waals surface area contributed by atoms with Crippen LogP contribution < -0.4 is 10.5 Å². The van der Waals surface area contributed by atoms with E-state index in [0.717, 1.165) is 12.0 Å². The molecule has 0 spiro atoms. The number of methoxy groups -OCH3 is 1. The third kappa shape index (κ3) is 3.68. The molecule has 96 valence electrons. The molecule has 0 aliphatic rings. The Morgan fingerprint density at radius 2 is 2.06 bits per heavy atom. The topological polar surface area (TPSA) is 38.5 Å². The van der Waals surface area contributed by atoms with Gasteiger partial charge < -0.3 is 15.4 Å². The Hall–Kier alpha value is -1.13. The van der Waals surface area contributed by atoms with Crippen LogP contribution in [0.4, 0.5) is 4.39 Å². The maximum absolute atomic E-state index is 13.3. The van der Waals surface area contributed by atoms with Crippen molar-refractivity contribution in [3.8, 4) is 5.75 Å². The Morgan fingerprint density at radius 1 is 1.41 bits per heavy atom. The second-order valence-electron chi connectivity index (χ2n) is 4.58. The van der Waals surface area contributed by atoms with Crippen LogP contribution >= 0.6 is 0 Å². The van der Waals surface area contributed by atoms with E-state index in [-0.39, 0.29) is 17.9 Å². The minimum absolute atomic E-state index is 0.0513. The van der Waals surface area contributed by atoms with Gasteiger partial charge in [0, 0.05) is 17.6 Å². The van der Waals surface area contributed by atoms with E-state index < -0.39 is 0 Å². The molecule has 17 heavy (non-hydrogen) atoms. The van der Waals surface area contributed by atoms with Crippen LogP contribution in [0.3, 0.4) is 0 Å². The lowest BCUT2D eigenvalue weighted by Gasteiger charge is -2.27. The Kier molecular flexibility index (Phi) is 4.90. The molecule has 0 aromatic heterocycles. The molecule has 3 nitrogen and oxygen atoms in total. The molecule has 0 heterocycles. The fourth-order valence-electron chi connectivity index (χ4n) is 1.93. The van der Waals surface area contributed by atoms with Gasteiger partial charge in [-0.1, -0.05) is 0 Å². The van der Waals surface area contributed by atoms with E-state index in [9.17, 15) is 4.39 Å². The van der Waals surface area contributed by atoms with Crippen molar-refractivity contribution in [2.24, 2.45) is 5.73 Å². The Bertz CT molecular complexity index is 366. The fourth-order valence-corrected chi connectivity index (χ4v) is 1.93. The summed E-state index contributed by atoms with van der Waals surface area (Å²) in [6.07, 6.45) is 0.757. The zero-order chi connectivity index (χ0) is 13.0. The maximum Gasteiger partial charge on any atom is 0.123 e. The summed E-state index contributed by atoms with van der Waals surface area (Å²) in [5.41, 5.74) is 6.68. The van der Waals surface area contributed by atoms with E-state index in [4.69, 9.17) is 10.5 Å². The van der Waals surface area contributed by atoms with Crippen molar-refractivity contribution < 1.29 is 9.13 Å². The minimum atomic E-state index is -0.252. The van der Waals surface area contributed by atoms with Gasteiger partial charge in [-0.05, 0) is 45.6 Å². The summed E-state index contributed by atoms with van der Waals surface area (Å²) in [6, 6.07) is 4.69. The highest BCUT2D eigenvalue weighted by molar-refractivity contribution is 5.36. The molecule has 0 saturated carbocycles. The summed E-state index contributed by atoms with van der Waals surface area (Å²) in [4.78, 5) is 2.03. The lowest BCUT2D eigenvalue weighted by molar-refractivity contribution is 0.263. The molecule has 2 N–H and O–H groups in total. The third-order valence-electron chi connectivity index (χ3n) is 2.77. The molecule has 0 saturated heterocycles. The molecule has 0 aliphatic heterocycles. The van der Waals surface area contributed by atoms with Gasteiger partial charge in [0.15, 0.2) is 0 Å². The van der Waals surface area contributed by atoms with Gasteiger partial charge in [0.25, 0.3) is 0 Å². The monoisotopic (exact) mass is 240 g/mol. The molecule has 0 bridgehead atoms. The number of halogens is 1. The van der Waals surface area contributed by atoms with Gasteiger partial charge in [0.05, 0.1) is 7.11 Å². The molecule has 0 radical (unpaired) electrons. The fraction of sp³-hybridized carbons (Fsp3) is 0.538. The molecule has 2 unspecified atom stereocenters. The van der Waals surface area contributed by atoms with Crippen LogP contribution in [0.25, 0.3) is 0 Å². The van der Waals surface area contributed by atoms with Gasteiger partial charge in [-0.25, -0.2) is 4.39 Å². The van der Waals surface area contributed by atoms with Crippen LogP contribution in [-0.4, -0.2) is 32.1 Å². The highest BCUT2D eigenvalue weighted by atomic mass is 19.1. The minimum Gasteiger partial charge on any atom is -0.496 e. The summed E-state index contributed by atoms with van der Waals surface area (Å²) in [5, 5.41) is 0. The average molecular weight is 240 g/mol. The first-order chi connectivity index (χ1) is 7.95. The van der Waals surface area contributed by atoms with Gasteiger partial charge in [-0.2, -0.15) is 0 Å². The summed E-state index contributed by atoms with van der Waals surface area (Å²) in [5.74, 6) is 0.447. The largest absolute Gasteiger partial charge is 0.496 e. The maximum atomic E-state index is 13.3. The summed E-state index contributed by atoms with van der Waals surface area (Å²) < 4.78 is 18.6. The first kappa shape index (κ1) is 13.9. The molecular formula is C13H21FN2O. The smallest absolute Gasteiger partial charge is 0.123 e. The first-order valence-electron chi connectivity index (χ1n) is 5.71. The summed E-state index contributed by atoms with van der Waals surface area (Å²) >= 11 is 0. The van der Waals surface area contributed by atoms with Gasteiger partial charge in [0.1, 0.15) is 11.6 Å². The van der Waals surface area contributed by atoms with Crippen LogP contribution in [0.1, 0.15) is 24.9 Å². The van der Waals surface area contributed by atoms with Crippen LogP contribution in [0.5, 0.6) is 5.75 Å². The lowest BCUT2D eigenvalue weighted by Crippen LogP contribution is -2.27. The molecule has 0 fully saturated rings. The molecule has 4 heteroatoms. The number of nitrogens with two attached hydrogens (primary N) is 1. The van der Waals surface area contributed by atoms with Crippen molar-refractivity contribution in [1.29, 1.82) is 0 Å². The third-order valence-corrected chi connectivity index (χ3v) is 2.77. The van der Waals surface area contributed by atoms with Crippen LogP contribution in [-0.2, 0) is 0 Å². The summed E-state index contributed by atoms with van der Waals surface area (Å²) in [7, 11) is 5.50.